The number of halogens is 1. The highest BCUT2D eigenvalue weighted by molar-refractivity contribution is 7.91. The van der Waals surface area contributed by atoms with Crippen molar-refractivity contribution in [3.05, 3.63) is 52.7 Å². The van der Waals surface area contributed by atoms with Crippen LogP contribution in [0.4, 0.5) is 0 Å². The first-order valence-electron chi connectivity index (χ1n) is 12.1. The molecule has 0 bridgehead atoms. The molecule has 2 amide bonds. The number of likely N-dealkylation sites (tertiary alicyclic amines) is 1. The smallest absolute Gasteiger partial charge is 0.252 e. The molecular weight excluding hydrogens is 500 g/mol. The third-order valence-corrected chi connectivity index (χ3v) is 9.50. The summed E-state index contributed by atoms with van der Waals surface area (Å²) in [4.78, 5) is 35.9. The Morgan fingerprint density at radius 2 is 1.81 bits per heavy atom. The first-order chi connectivity index (χ1) is 17.2. The number of amidine groups is 1. The largest absolute Gasteiger partial charge is 0.343 e. The summed E-state index contributed by atoms with van der Waals surface area (Å²) in [6.07, 6.45) is 1.90. The Balaban J connectivity index is 1.15. The van der Waals surface area contributed by atoms with Crippen LogP contribution in [-0.4, -0.2) is 86.3 Å². The predicted octanol–water partition coefficient (Wildman–Crippen LogP) is 3.11. The fraction of sp³-hybridized carbons (Fsp3) is 0.423. The molecule has 0 atom stereocenters. The van der Waals surface area contributed by atoms with E-state index < -0.39 is 9.84 Å². The molecule has 0 unspecified atom stereocenters. The minimum atomic E-state index is -3.60. The van der Waals surface area contributed by atoms with E-state index in [0.717, 1.165) is 27.9 Å². The van der Waals surface area contributed by atoms with Gasteiger partial charge in [-0.2, -0.15) is 0 Å². The minimum absolute atomic E-state index is 0.0614. The number of nitrogens with zero attached hydrogens (tertiary/aromatic N) is 4. The van der Waals surface area contributed by atoms with Crippen LogP contribution >= 0.6 is 11.6 Å². The average Bonchev–Trinajstić information content (AvgIpc) is 3.37. The fourth-order valence-electron chi connectivity index (χ4n) is 5.38. The normalized spacial score (nSPS) is 20.2. The molecule has 2 aromatic rings. The number of fused-ring (bicyclic) bond motifs is 1. The van der Waals surface area contributed by atoms with Crippen molar-refractivity contribution in [2.24, 2.45) is 4.99 Å². The molecule has 36 heavy (non-hydrogen) atoms. The molecule has 2 aromatic carbocycles. The van der Waals surface area contributed by atoms with Crippen LogP contribution in [0.5, 0.6) is 0 Å². The van der Waals surface area contributed by atoms with Crippen molar-refractivity contribution in [1.29, 1.82) is 0 Å². The van der Waals surface area contributed by atoms with E-state index in [1.54, 1.807) is 48.3 Å². The Morgan fingerprint density at radius 3 is 2.50 bits per heavy atom. The number of amides is 2. The number of carbonyl (C=O) groups excluding carboxylic acids is 2. The van der Waals surface area contributed by atoms with Gasteiger partial charge in [-0.15, -0.1) is 0 Å². The van der Waals surface area contributed by atoms with Crippen LogP contribution in [0.15, 0.2) is 57.6 Å². The molecule has 3 heterocycles. The van der Waals surface area contributed by atoms with E-state index in [4.69, 9.17) is 11.6 Å². The van der Waals surface area contributed by atoms with Crippen LogP contribution in [0.3, 0.4) is 0 Å². The van der Waals surface area contributed by atoms with E-state index in [2.05, 4.69) is 4.99 Å². The van der Waals surface area contributed by atoms with Gasteiger partial charge in [0.1, 0.15) is 5.84 Å². The monoisotopic (exact) mass is 528 g/mol. The summed E-state index contributed by atoms with van der Waals surface area (Å²) in [5.41, 5.74) is 1.86. The van der Waals surface area contributed by atoms with Gasteiger partial charge in [0, 0.05) is 62.4 Å². The third kappa shape index (κ3) is 4.50. The molecule has 8 nitrogen and oxygen atoms in total. The first-order valence-corrected chi connectivity index (χ1v) is 14.1. The van der Waals surface area contributed by atoms with Gasteiger partial charge >= 0.3 is 0 Å². The minimum Gasteiger partial charge on any atom is -0.343 e. The number of carbonyl (C=O) groups is 2. The summed E-state index contributed by atoms with van der Waals surface area (Å²) < 4.78 is 25.8. The Kier molecular flexibility index (Phi) is 6.55. The van der Waals surface area contributed by atoms with Crippen molar-refractivity contribution >= 4 is 49.9 Å². The van der Waals surface area contributed by atoms with Gasteiger partial charge in [0.25, 0.3) is 5.91 Å². The second-order valence-electron chi connectivity index (χ2n) is 9.57. The molecule has 0 spiro atoms. The molecule has 3 aliphatic heterocycles. The average molecular weight is 529 g/mol. The van der Waals surface area contributed by atoms with E-state index in [1.165, 1.54) is 0 Å². The van der Waals surface area contributed by atoms with E-state index in [1.807, 2.05) is 16.8 Å². The maximum absolute atomic E-state index is 13.0. The summed E-state index contributed by atoms with van der Waals surface area (Å²) in [6, 6.07) is 10.3. The number of aliphatic imine (C=N–C) groups is 1. The molecule has 0 saturated carbocycles. The van der Waals surface area contributed by atoms with Crippen LogP contribution < -0.4 is 0 Å². The first kappa shape index (κ1) is 24.8. The van der Waals surface area contributed by atoms with Crippen molar-refractivity contribution in [2.45, 2.75) is 36.6 Å². The van der Waals surface area contributed by atoms with Crippen LogP contribution in [0.1, 0.15) is 25.7 Å². The van der Waals surface area contributed by atoms with E-state index in [0.29, 0.717) is 43.9 Å². The zero-order valence-electron chi connectivity index (χ0n) is 20.4. The number of hydrogen-bond acceptors (Lipinski definition) is 5. The molecular formula is C26H29ClN4O4S. The molecule has 0 N–H and O–H groups in total. The lowest BCUT2D eigenvalue weighted by atomic mass is 10.0. The highest BCUT2D eigenvalue weighted by atomic mass is 35.5. The molecule has 0 aromatic heterocycles. The second-order valence-corrected chi connectivity index (χ2v) is 12.1. The maximum atomic E-state index is 13.0. The van der Waals surface area contributed by atoms with Gasteiger partial charge in [0.2, 0.25) is 5.91 Å². The molecule has 1 saturated heterocycles. The van der Waals surface area contributed by atoms with Gasteiger partial charge in [0.05, 0.1) is 17.2 Å². The van der Waals surface area contributed by atoms with Gasteiger partial charge in [-0.3, -0.25) is 14.6 Å². The Labute approximate surface area is 216 Å². The third-order valence-electron chi connectivity index (χ3n) is 7.55. The lowest BCUT2D eigenvalue weighted by Gasteiger charge is -2.37. The molecule has 1 fully saturated rings. The fourth-order valence-corrected chi connectivity index (χ4v) is 6.82. The zero-order valence-corrected chi connectivity index (χ0v) is 22.0. The van der Waals surface area contributed by atoms with Crippen molar-refractivity contribution < 1.29 is 18.0 Å². The topological polar surface area (TPSA) is 90.4 Å². The Bertz CT molecular complexity index is 1410. The van der Waals surface area contributed by atoms with Crippen molar-refractivity contribution in [3.63, 3.8) is 0 Å². The number of benzene rings is 2. The van der Waals surface area contributed by atoms with Gasteiger partial charge in [0.15, 0.2) is 9.84 Å². The van der Waals surface area contributed by atoms with Gasteiger partial charge in [-0.25, -0.2) is 8.42 Å². The quantitative estimate of drug-likeness (QED) is 0.595. The van der Waals surface area contributed by atoms with Crippen LogP contribution in [0.2, 0.25) is 5.02 Å². The van der Waals surface area contributed by atoms with Crippen LogP contribution in [-0.2, 0) is 19.4 Å². The number of hydrogen-bond donors (Lipinski definition) is 0. The Hall–Kier alpha value is -2.91. The molecule has 5 rings (SSSR count). The van der Waals surface area contributed by atoms with E-state index in [9.17, 15) is 18.0 Å². The lowest BCUT2D eigenvalue weighted by molar-refractivity contribution is -0.133. The highest BCUT2D eigenvalue weighted by Crippen LogP contribution is 2.34. The van der Waals surface area contributed by atoms with Crippen LogP contribution in [0, 0.1) is 0 Å². The molecule has 190 valence electrons. The van der Waals surface area contributed by atoms with E-state index >= 15 is 0 Å². The number of likely N-dealkylation sites (N-methyl/N-ethyl adjacent to an activating group) is 1. The zero-order chi connectivity index (χ0) is 25.6. The number of piperidine rings is 1. The van der Waals surface area contributed by atoms with E-state index in [-0.39, 0.29) is 34.9 Å². The van der Waals surface area contributed by atoms with Crippen molar-refractivity contribution in [3.8, 4) is 0 Å². The maximum Gasteiger partial charge on any atom is 0.252 e. The number of rotatable bonds is 5. The van der Waals surface area contributed by atoms with Crippen molar-refractivity contribution in [2.75, 3.05) is 39.5 Å². The SMILES string of the molecule is CN=C1CC2=C(CN(C3CCN(C(=O)CCS(=O)(=O)c4ccc5cc(Cl)ccc5c4)CC3)C2=O)N1C. The summed E-state index contributed by atoms with van der Waals surface area (Å²) in [6.45, 7) is 1.62. The van der Waals surface area contributed by atoms with Gasteiger partial charge < -0.3 is 14.7 Å². The molecule has 3 aliphatic rings. The summed E-state index contributed by atoms with van der Waals surface area (Å²) in [5, 5.41) is 2.24. The lowest BCUT2D eigenvalue weighted by Crippen LogP contribution is -2.48. The highest BCUT2D eigenvalue weighted by Gasteiger charge is 2.42. The predicted molar refractivity (Wildman–Crippen MR) is 140 cm³/mol. The van der Waals surface area contributed by atoms with Gasteiger partial charge in [-0.1, -0.05) is 23.7 Å². The van der Waals surface area contributed by atoms with Crippen LogP contribution in [0.25, 0.3) is 10.8 Å². The van der Waals surface area contributed by atoms with Gasteiger partial charge in [-0.05, 0) is 47.9 Å². The molecule has 0 aliphatic carbocycles. The summed E-state index contributed by atoms with van der Waals surface area (Å²) >= 11 is 6.01. The molecule has 0 radical (unpaired) electrons. The summed E-state index contributed by atoms with van der Waals surface area (Å²) in [5.74, 6) is 0.585. The standard InChI is InChI=1S/C26H29ClN4O4S/c1-28-24-15-22-23(29(24)2)16-31(26(22)33)20-7-10-30(11-8-20)25(32)9-12-36(34,35)21-6-4-17-13-19(27)5-3-18(17)14-21/h3-6,13-14,20H,7-12,15-16H2,1-2H3. The summed E-state index contributed by atoms with van der Waals surface area (Å²) in [7, 11) is 0.0904. The molecule has 10 heteroatoms. The number of sulfone groups is 1. The Morgan fingerprint density at radius 1 is 1.11 bits per heavy atom. The van der Waals surface area contributed by atoms with Crippen molar-refractivity contribution in [1.82, 2.24) is 14.7 Å². The second kappa shape index (κ2) is 9.52.